The van der Waals surface area contributed by atoms with Crippen LogP contribution in [0, 0.1) is 0 Å². The van der Waals surface area contributed by atoms with E-state index in [0.717, 1.165) is 5.57 Å². The van der Waals surface area contributed by atoms with Crippen molar-refractivity contribution < 1.29 is 16.8 Å². The molecule has 0 atom stereocenters. The maximum atomic E-state index is 12.1. The van der Waals surface area contributed by atoms with E-state index in [1.54, 1.807) is 20.8 Å². The zero-order valence-corrected chi connectivity index (χ0v) is 14.2. The molecule has 1 aliphatic rings. The maximum Gasteiger partial charge on any atom is 0.214 e. The molecule has 118 valence electrons. The fourth-order valence-corrected chi connectivity index (χ4v) is 4.77. The molecule has 0 radical (unpaired) electrons. The highest BCUT2D eigenvalue weighted by Crippen LogP contribution is 2.20. The molecule has 1 heterocycles. The molecule has 0 saturated carbocycles. The van der Waals surface area contributed by atoms with E-state index in [4.69, 9.17) is 0 Å². The van der Waals surface area contributed by atoms with Gasteiger partial charge in [-0.05, 0) is 40.0 Å². The van der Waals surface area contributed by atoms with Crippen molar-refractivity contribution in [3.8, 4) is 0 Å². The molecular weight excluding hydrogens is 298 g/mol. The van der Waals surface area contributed by atoms with Crippen LogP contribution in [-0.4, -0.2) is 50.5 Å². The second-order valence-electron chi connectivity index (χ2n) is 6.25. The minimum Gasteiger partial charge on any atom is -0.228 e. The zero-order valence-electron chi connectivity index (χ0n) is 12.6. The molecule has 0 spiro atoms. The minimum atomic E-state index is -3.35. The number of hydrogen-bond acceptors (Lipinski definition) is 4. The number of rotatable bonds is 5. The van der Waals surface area contributed by atoms with Crippen LogP contribution in [0.4, 0.5) is 0 Å². The van der Waals surface area contributed by atoms with Crippen molar-refractivity contribution in [3.63, 3.8) is 0 Å². The third-order valence-corrected chi connectivity index (χ3v) is 8.22. The summed E-state index contributed by atoms with van der Waals surface area (Å²) >= 11 is 0. The summed E-state index contributed by atoms with van der Waals surface area (Å²) in [6, 6.07) is 0. The summed E-state index contributed by atoms with van der Waals surface area (Å²) in [5.41, 5.74) is 1.08. The predicted molar refractivity (Wildman–Crippen MR) is 81.9 cm³/mol. The number of sulfone groups is 1. The van der Waals surface area contributed by atoms with Gasteiger partial charge in [-0.15, -0.1) is 0 Å². The summed E-state index contributed by atoms with van der Waals surface area (Å²) in [6.07, 6.45) is 1.54. The highest BCUT2D eigenvalue weighted by Gasteiger charge is 2.30. The van der Waals surface area contributed by atoms with Crippen LogP contribution in [0.25, 0.3) is 0 Å². The van der Waals surface area contributed by atoms with Crippen molar-refractivity contribution in [1.82, 2.24) is 4.31 Å². The van der Waals surface area contributed by atoms with Crippen molar-refractivity contribution >= 4 is 19.9 Å². The number of sulfonamides is 1. The lowest BCUT2D eigenvalue weighted by Crippen LogP contribution is -2.38. The van der Waals surface area contributed by atoms with Gasteiger partial charge in [0.25, 0.3) is 0 Å². The minimum absolute atomic E-state index is 0.0870. The number of nitrogens with zero attached hydrogens (tertiary/aromatic N) is 1. The van der Waals surface area contributed by atoms with E-state index in [-0.39, 0.29) is 17.9 Å². The van der Waals surface area contributed by atoms with E-state index in [2.05, 4.69) is 6.58 Å². The van der Waals surface area contributed by atoms with Crippen LogP contribution in [0.15, 0.2) is 12.2 Å². The van der Waals surface area contributed by atoms with Crippen LogP contribution in [0.1, 0.15) is 40.0 Å². The Hall–Kier alpha value is -0.400. The molecule has 0 unspecified atom stereocenters. The Kier molecular flexibility index (Phi) is 5.43. The fraction of sp³-hybridized carbons (Fsp3) is 0.846. The van der Waals surface area contributed by atoms with Crippen molar-refractivity contribution in [1.29, 1.82) is 0 Å². The summed E-state index contributed by atoms with van der Waals surface area (Å²) < 4.78 is 48.7. The molecule has 0 aromatic heterocycles. The highest BCUT2D eigenvalue weighted by molar-refractivity contribution is 7.92. The first-order valence-electron chi connectivity index (χ1n) is 6.82. The Morgan fingerprint density at radius 1 is 1.05 bits per heavy atom. The Labute approximate surface area is 123 Å². The third kappa shape index (κ3) is 4.56. The largest absolute Gasteiger partial charge is 0.228 e. The lowest BCUT2D eigenvalue weighted by atomic mass is 10.1. The second kappa shape index (κ2) is 6.15. The summed E-state index contributed by atoms with van der Waals surface area (Å²) in [7, 11) is -6.60. The van der Waals surface area contributed by atoms with Crippen LogP contribution in [0.3, 0.4) is 0 Å². The SMILES string of the molecule is C=C1CCN(S(=O)(=O)CCCS(=O)(=O)C(C)(C)C)CC1. The predicted octanol–water partition coefficient (Wildman–Crippen LogP) is 1.57. The van der Waals surface area contributed by atoms with E-state index in [1.807, 2.05) is 0 Å². The van der Waals surface area contributed by atoms with Gasteiger partial charge in [0.15, 0.2) is 9.84 Å². The van der Waals surface area contributed by atoms with Gasteiger partial charge in [0, 0.05) is 13.1 Å². The molecule has 20 heavy (non-hydrogen) atoms. The summed E-state index contributed by atoms with van der Waals surface area (Å²) in [6.45, 7) is 9.68. The van der Waals surface area contributed by atoms with Crippen LogP contribution in [-0.2, 0) is 19.9 Å². The average molecular weight is 323 g/mol. The van der Waals surface area contributed by atoms with Gasteiger partial charge in [-0.1, -0.05) is 12.2 Å². The summed E-state index contributed by atoms with van der Waals surface area (Å²) in [5.74, 6) is -0.189. The van der Waals surface area contributed by atoms with Gasteiger partial charge in [0.1, 0.15) is 0 Å². The van der Waals surface area contributed by atoms with Crippen molar-refractivity contribution in [2.45, 2.75) is 44.8 Å². The Bertz CT molecular complexity index is 546. The van der Waals surface area contributed by atoms with Crippen LogP contribution in [0.5, 0.6) is 0 Å². The van der Waals surface area contributed by atoms with Crippen LogP contribution < -0.4 is 0 Å². The molecule has 7 heteroatoms. The topological polar surface area (TPSA) is 71.5 Å². The zero-order chi connectivity index (χ0) is 15.6. The molecule has 0 amide bonds. The number of piperidine rings is 1. The first-order chi connectivity index (χ1) is 8.96. The molecule has 1 saturated heterocycles. The summed E-state index contributed by atoms with van der Waals surface area (Å²) in [4.78, 5) is 0. The molecular formula is C13H25NO4S2. The standard InChI is InChI=1S/C13H25NO4S2/c1-12-6-8-14(9-7-12)20(17,18)11-5-10-19(15,16)13(2,3)4/h1,5-11H2,2-4H3. The normalized spacial score (nSPS) is 19.2. The number of hydrogen-bond donors (Lipinski definition) is 0. The van der Waals surface area contributed by atoms with Gasteiger partial charge in [-0.3, -0.25) is 0 Å². The van der Waals surface area contributed by atoms with Gasteiger partial charge in [0.05, 0.1) is 16.3 Å². The van der Waals surface area contributed by atoms with Crippen molar-refractivity contribution in [2.24, 2.45) is 0 Å². The molecule has 5 nitrogen and oxygen atoms in total. The molecule has 0 N–H and O–H groups in total. The molecule has 1 aliphatic heterocycles. The van der Waals surface area contributed by atoms with Gasteiger partial charge in [-0.2, -0.15) is 0 Å². The second-order valence-corrected chi connectivity index (χ2v) is 11.2. The van der Waals surface area contributed by atoms with Crippen molar-refractivity contribution in [3.05, 3.63) is 12.2 Å². The monoisotopic (exact) mass is 323 g/mol. The highest BCUT2D eigenvalue weighted by atomic mass is 32.2. The Balaban J connectivity index is 2.55. The lowest BCUT2D eigenvalue weighted by molar-refractivity contribution is 0.387. The first-order valence-corrected chi connectivity index (χ1v) is 10.1. The fourth-order valence-electron chi connectivity index (χ4n) is 1.95. The van der Waals surface area contributed by atoms with Gasteiger partial charge in [0.2, 0.25) is 10.0 Å². The van der Waals surface area contributed by atoms with Gasteiger partial charge >= 0.3 is 0 Å². The van der Waals surface area contributed by atoms with Crippen molar-refractivity contribution in [2.75, 3.05) is 24.6 Å². The molecule has 1 rings (SSSR count). The smallest absolute Gasteiger partial charge is 0.214 e. The molecule has 0 bridgehead atoms. The van der Waals surface area contributed by atoms with E-state index >= 15 is 0 Å². The lowest BCUT2D eigenvalue weighted by Gasteiger charge is -2.27. The maximum absolute atomic E-state index is 12.1. The molecule has 1 fully saturated rings. The van der Waals surface area contributed by atoms with Crippen LogP contribution in [0.2, 0.25) is 0 Å². The van der Waals surface area contributed by atoms with E-state index < -0.39 is 24.6 Å². The molecule has 0 aromatic rings. The Morgan fingerprint density at radius 3 is 2.00 bits per heavy atom. The van der Waals surface area contributed by atoms with Crippen LogP contribution >= 0.6 is 0 Å². The third-order valence-electron chi connectivity index (χ3n) is 3.57. The van der Waals surface area contributed by atoms with E-state index in [9.17, 15) is 16.8 Å². The summed E-state index contributed by atoms with van der Waals surface area (Å²) in [5, 5.41) is 0. The average Bonchev–Trinajstić information content (AvgIpc) is 2.27. The van der Waals surface area contributed by atoms with Gasteiger partial charge < -0.3 is 0 Å². The van der Waals surface area contributed by atoms with Gasteiger partial charge in [-0.25, -0.2) is 21.1 Å². The van der Waals surface area contributed by atoms with E-state index in [0.29, 0.717) is 25.9 Å². The van der Waals surface area contributed by atoms with E-state index in [1.165, 1.54) is 4.31 Å². The quantitative estimate of drug-likeness (QED) is 0.720. The molecule has 0 aromatic carbocycles. The molecule has 0 aliphatic carbocycles. The Morgan fingerprint density at radius 2 is 1.55 bits per heavy atom. The first kappa shape index (κ1) is 17.7.